The molecule has 11 heteroatoms. The van der Waals surface area contributed by atoms with Crippen LogP contribution in [0.25, 0.3) is 0 Å². The van der Waals surface area contributed by atoms with E-state index in [-0.39, 0.29) is 29.2 Å². The number of aromatic nitrogens is 2. The van der Waals surface area contributed by atoms with Crippen molar-refractivity contribution in [2.75, 3.05) is 11.4 Å². The summed E-state index contributed by atoms with van der Waals surface area (Å²) in [6.07, 6.45) is 6.54. The number of amides is 1. The van der Waals surface area contributed by atoms with E-state index in [0.29, 0.717) is 5.69 Å². The van der Waals surface area contributed by atoms with Crippen molar-refractivity contribution in [3.63, 3.8) is 0 Å². The minimum atomic E-state index is -4.00. The number of ether oxygens (including phenoxy) is 1. The second-order valence-corrected chi connectivity index (χ2v) is 13.5. The lowest BCUT2D eigenvalue weighted by molar-refractivity contribution is -0.135. The number of carbonyl (C=O) groups excluding carboxylic acids is 1. The zero-order chi connectivity index (χ0) is 30.5. The van der Waals surface area contributed by atoms with Gasteiger partial charge >= 0.3 is 12.1 Å². The third-order valence-electron chi connectivity index (χ3n) is 7.50. The first-order valence-electron chi connectivity index (χ1n) is 14.0. The largest absolute Gasteiger partial charge is 0.480 e. The van der Waals surface area contributed by atoms with Gasteiger partial charge < -0.3 is 9.84 Å². The number of benzene rings is 1. The first-order chi connectivity index (χ1) is 19.8. The predicted octanol–water partition coefficient (Wildman–Crippen LogP) is 5.53. The summed E-state index contributed by atoms with van der Waals surface area (Å²) in [7, 11) is -4.00. The van der Waals surface area contributed by atoms with E-state index in [9.17, 15) is 23.1 Å². The second-order valence-electron chi connectivity index (χ2n) is 11.6. The number of carboxylic acids is 1. The Labute approximate surface area is 247 Å². The Morgan fingerprint density at radius 3 is 2.29 bits per heavy atom. The Hall–Kier alpha value is -3.83. The van der Waals surface area contributed by atoms with Crippen molar-refractivity contribution in [1.82, 2.24) is 14.3 Å². The van der Waals surface area contributed by atoms with Crippen LogP contribution in [0.2, 0.25) is 0 Å². The van der Waals surface area contributed by atoms with E-state index in [4.69, 9.17) is 4.74 Å². The fourth-order valence-corrected chi connectivity index (χ4v) is 6.43. The predicted molar refractivity (Wildman–Crippen MR) is 158 cm³/mol. The van der Waals surface area contributed by atoms with Crippen LogP contribution in [-0.2, 0) is 38.1 Å². The zero-order valence-corrected chi connectivity index (χ0v) is 25.3. The number of carboxylic acid groups (broad SMARTS) is 1. The molecule has 1 N–H and O–H groups in total. The van der Waals surface area contributed by atoms with Gasteiger partial charge in [-0.05, 0) is 80.8 Å². The first-order valence-corrected chi connectivity index (χ1v) is 15.4. The highest BCUT2D eigenvalue weighted by Gasteiger charge is 2.36. The number of pyridine rings is 2. The molecule has 1 aromatic carbocycles. The summed E-state index contributed by atoms with van der Waals surface area (Å²) in [6, 6.07) is 15.9. The van der Waals surface area contributed by atoms with Gasteiger partial charge in [-0.25, -0.2) is 18.2 Å². The fraction of sp³-hybridized carbons (Fsp3) is 0.419. The standard InChI is InChI=1S/C31H38N4O6S/c1-5-31(16-8-17-31)24-14-12-23(13-15-24)20-34(42(39,40)26-10-7-18-32-19-26)21-25-9-6-11-27(33-25)35(22-28(36)37)29(38)41-30(2,3)4/h6-7,9-15,18-19H,5,8,16-17,20-22H2,1-4H3,(H,36,37). The highest BCUT2D eigenvalue weighted by molar-refractivity contribution is 7.89. The summed E-state index contributed by atoms with van der Waals surface area (Å²) in [5.74, 6) is -1.21. The van der Waals surface area contributed by atoms with Gasteiger partial charge in [0.05, 0.1) is 12.2 Å². The molecule has 10 nitrogen and oxygen atoms in total. The lowest BCUT2D eigenvalue weighted by atomic mass is 9.63. The molecule has 1 fully saturated rings. The van der Waals surface area contributed by atoms with Crippen molar-refractivity contribution in [2.45, 2.75) is 82.4 Å². The van der Waals surface area contributed by atoms with Gasteiger partial charge in [-0.3, -0.25) is 14.7 Å². The average Bonchev–Trinajstić information content (AvgIpc) is 2.91. The number of sulfonamides is 1. The maximum Gasteiger partial charge on any atom is 0.416 e. The average molecular weight is 595 g/mol. The van der Waals surface area contributed by atoms with Gasteiger partial charge in [-0.2, -0.15) is 4.31 Å². The number of hydrogen-bond donors (Lipinski definition) is 1. The van der Waals surface area contributed by atoms with Crippen molar-refractivity contribution >= 4 is 27.9 Å². The first kappa shape index (κ1) is 31.1. The number of rotatable bonds is 11. The highest BCUT2D eigenvalue weighted by Crippen LogP contribution is 2.46. The molecule has 0 saturated heterocycles. The number of aliphatic carboxylic acids is 1. The Balaban J connectivity index is 1.65. The lowest BCUT2D eigenvalue weighted by Gasteiger charge is -2.42. The minimum absolute atomic E-state index is 0.0394. The van der Waals surface area contributed by atoms with Gasteiger partial charge in [0, 0.05) is 18.9 Å². The summed E-state index contributed by atoms with van der Waals surface area (Å²) in [6.45, 7) is 6.51. The molecular weight excluding hydrogens is 556 g/mol. The van der Waals surface area contributed by atoms with Crippen molar-refractivity contribution in [1.29, 1.82) is 0 Å². The van der Waals surface area contributed by atoms with E-state index < -0.39 is 34.2 Å². The maximum atomic E-state index is 13.8. The van der Waals surface area contributed by atoms with Crippen molar-refractivity contribution in [3.8, 4) is 0 Å². The van der Waals surface area contributed by atoms with Crippen LogP contribution in [0.5, 0.6) is 0 Å². The molecule has 3 aromatic rings. The Morgan fingerprint density at radius 1 is 1.02 bits per heavy atom. The van der Waals surface area contributed by atoms with Crippen LogP contribution in [0.4, 0.5) is 10.6 Å². The van der Waals surface area contributed by atoms with E-state index in [1.54, 1.807) is 39.0 Å². The van der Waals surface area contributed by atoms with E-state index >= 15 is 0 Å². The summed E-state index contributed by atoms with van der Waals surface area (Å²) in [4.78, 5) is 33.8. The molecule has 4 rings (SSSR count). The smallest absolute Gasteiger partial charge is 0.416 e. The van der Waals surface area contributed by atoms with Crippen LogP contribution in [0.1, 0.15) is 70.2 Å². The molecule has 1 aliphatic carbocycles. The number of carbonyl (C=O) groups is 2. The van der Waals surface area contributed by atoms with Crippen LogP contribution < -0.4 is 4.90 Å². The maximum absolute atomic E-state index is 13.8. The molecule has 0 unspecified atom stereocenters. The van der Waals surface area contributed by atoms with Crippen LogP contribution in [0.15, 0.2) is 71.9 Å². The lowest BCUT2D eigenvalue weighted by Crippen LogP contribution is -2.40. The number of anilines is 1. The molecule has 2 heterocycles. The van der Waals surface area contributed by atoms with Crippen LogP contribution >= 0.6 is 0 Å². The van der Waals surface area contributed by atoms with Gasteiger partial charge in [0.2, 0.25) is 10.0 Å². The molecule has 2 aromatic heterocycles. The van der Waals surface area contributed by atoms with E-state index in [0.717, 1.165) is 29.7 Å². The molecule has 1 amide bonds. The fourth-order valence-electron chi connectivity index (χ4n) is 5.07. The van der Waals surface area contributed by atoms with E-state index in [2.05, 4.69) is 29.0 Å². The normalized spacial score (nSPS) is 14.7. The number of hydrogen-bond acceptors (Lipinski definition) is 7. The van der Waals surface area contributed by atoms with Crippen LogP contribution in [0, 0.1) is 0 Å². The summed E-state index contributed by atoms with van der Waals surface area (Å²) in [5, 5.41) is 9.44. The van der Waals surface area contributed by atoms with Crippen LogP contribution in [0.3, 0.4) is 0 Å². The summed E-state index contributed by atoms with van der Waals surface area (Å²) < 4.78 is 34.3. The van der Waals surface area contributed by atoms with Gasteiger partial charge in [-0.1, -0.05) is 43.7 Å². The summed E-state index contributed by atoms with van der Waals surface area (Å²) in [5.41, 5.74) is 1.77. The second kappa shape index (κ2) is 12.6. The molecule has 42 heavy (non-hydrogen) atoms. The molecule has 1 aliphatic rings. The Morgan fingerprint density at radius 2 is 1.74 bits per heavy atom. The van der Waals surface area contributed by atoms with Gasteiger partial charge in [0.1, 0.15) is 22.9 Å². The Kier molecular flexibility index (Phi) is 9.32. The van der Waals surface area contributed by atoms with Crippen molar-refractivity contribution in [3.05, 3.63) is 83.8 Å². The van der Waals surface area contributed by atoms with Gasteiger partial charge in [0.25, 0.3) is 0 Å². The van der Waals surface area contributed by atoms with Gasteiger partial charge in [0.15, 0.2) is 0 Å². The van der Waals surface area contributed by atoms with Crippen molar-refractivity contribution < 1.29 is 27.9 Å². The molecule has 0 atom stereocenters. The summed E-state index contributed by atoms with van der Waals surface area (Å²) >= 11 is 0. The monoisotopic (exact) mass is 594 g/mol. The third-order valence-corrected chi connectivity index (χ3v) is 9.27. The number of nitrogens with zero attached hydrogens (tertiary/aromatic N) is 4. The van der Waals surface area contributed by atoms with Gasteiger partial charge in [-0.15, -0.1) is 0 Å². The highest BCUT2D eigenvalue weighted by atomic mass is 32.2. The molecular formula is C31H38N4O6S. The molecule has 1 saturated carbocycles. The molecule has 0 radical (unpaired) electrons. The van der Waals surface area contributed by atoms with E-state index in [1.165, 1.54) is 40.8 Å². The SMILES string of the molecule is CCC1(c2ccc(CN(Cc3cccc(N(CC(=O)O)C(=O)OC(C)(C)C)n3)S(=O)(=O)c3cccnc3)cc2)CCC1. The Bertz CT molecular complexity index is 1490. The zero-order valence-electron chi connectivity index (χ0n) is 24.5. The molecule has 224 valence electrons. The minimum Gasteiger partial charge on any atom is -0.480 e. The molecule has 0 aliphatic heterocycles. The quantitative estimate of drug-likeness (QED) is 0.307. The molecule has 0 bridgehead atoms. The van der Waals surface area contributed by atoms with Crippen LogP contribution in [-0.4, -0.2) is 52.0 Å². The molecule has 0 spiro atoms. The van der Waals surface area contributed by atoms with E-state index in [1.807, 2.05) is 12.1 Å². The topological polar surface area (TPSA) is 130 Å². The third kappa shape index (κ3) is 7.32. The van der Waals surface area contributed by atoms with Crippen molar-refractivity contribution in [2.24, 2.45) is 0 Å².